The van der Waals surface area contributed by atoms with Gasteiger partial charge < -0.3 is 35.7 Å². The Morgan fingerprint density at radius 1 is 0.977 bits per heavy atom. The molecule has 0 saturated carbocycles. The summed E-state index contributed by atoms with van der Waals surface area (Å²) in [4.78, 5) is 21.5. The zero-order valence-electron chi connectivity index (χ0n) is 23.3. The molecule has 0 unspecified atom stereocenters. The van der Waals surface area contributed by atoms with Crippen LogP contribution in [-0.2, 0) is 4.79 Å². The van der Waals surface area contributed by atoms with Crippen LogP contribution < -0.4 is 25.7 Å². The zero-order chi connectivity index (χ0) is 31.4. The van der Waals surface area contributed by atoms with Gasteiger partial charge in [-0.15, -0.1) is 0 Å². The minimum Gasteiger partial charge on any atom is -0.504 e. The average molecular weight is 601 g/mol. The first-order valence-corrected chi connectivity index (χ1v) is 13.1. The summed E-state index contributed by atoms with van der Waals surface area (Å²) in [5, 5.41) is 18.0. The van der Waals surface area contributed by atoms with Crippen LogP contribution in [-0.4, -0.2) is 52.7 Å². The predicted molar refractivity (Wildman–Crippen MR) is 159 cm³/mol. The fourth-order valence-electron chi connectivity index (χ4n) is 4.21. The molecule has 4 aromatic rings. The number of nitrogens with zero attached hydrogens (tertiary/aromatic N) is 3. The number of nitrogens with two attached hydrogens (primary N) is 2. The van der Waals surface area contributed by atoms with E-state index in [1.54, 1.807) is 30.3 Å². The minimum absolute atomic E-state index is 0.00299. The van der Waals surface area contributed by atoms with Gasteiger partial charge in [0.05, 0.1) is 6.54 Å². The van der Waals surface area contributed by atoms with Crippen molar-refractivity contribution in [3.05, 3.63) is 101 Å². The maximum atomic E-state index is 15.9. The molecule has 1 amide bonds. The molecule has 2 heterocycles. The van der Waals surface area contributed by atoms with E-state index in [0.29, 0.717) is 17.7 Å². The summed E-state index contributed by atoms with van der Waals surface area (Å²) < 4.78 is 48.6. The number of benzene rings is 3. The van der Waals surface area contributed by atoms with Crippen LogP contribution in [0.2, 0.25) is 0 Å². The summed E-state index contributed by atoms with van der Waals surface area (Å²) in [5.41, 5.74) is 12.0. The van der Waals surface area contributed by atoms with Crippen molar-refractivity contribution >= 4 is 23.7 Å². The number of nitrogen functional groups attached to an aromatic ring is 1. The zero-order valence-corrected chi connectivity index (χ0v) is 23.3. The molecule has 1 aromatic heterocycles. The average Bonchev–Trinajstić information content (AvgIpc) is 3.43. The Hall–Kier alpha value is -5.98. The van der Waals surface area contributed by atoms with Crippen molar-refractivity contribution in [2.24, 2.45) is 16.5 Å². The number of carbonyl (C=O) groups excluding carboxylic acids is 1. The van der Waals surface area contributed by atoms with Crippen molar-refractivity contribution in [2.75, 3.05) is 20.1 Å². The van der Waals surface area contributed by atoms with Gasteiger partial charge in [0.15, 0.2) is 11.5 Å². The molecule has 6 N–H and O–H groups in total. The molecule has 5 rings (SSSR count). The number of nitrogens with one attached hydrogen (secondary N) is 1. The van der Waals surface area contributed by atoms with E-state index in [4.69, 9.17) is 31.1 Å². The third-order valence-corrected chi connectivity index (χ3v) is 6.34. The Kier molecular flexibility index (Phi) is 8.37. The normalized spacial score (nSPS) is 12.7. The summed E-state index contributed by atoms with van der Waals surface area (Å²) in [7, 11) is 1.89. The number of likely N-dealkylation sites (N-methyl/N-ethyl adjacent to an activating group) is 1. The molecule has 0 saturated heterocycles. The molecule has 1 aliphatic heterocycles. The molecule has 0 aliphatic carbocycles. The maximum Gasteiger partial charge on any atom is 0.263 e. The molecule has 0 atom stereocenters. The van der Waals surface area contributed by atoms with Gasteiger partial charge in [-0.3, -0.25) is 15.2 Å². The number of hydrogen-bond donors (Lipinski definition) is 4. The number of aliphatic imine (C=N–C) groups is 1. The number of hydrogen-bond acceptors (Lipinski definition) is 9. The Morgan fingerprint density at radius 2 is 1.68 bits per heavy atom. The largest absolute Gasteiger partial charge is 0.504 e. The van der Waals surface area contributed by atoms with E-state index in [1.165, 1.54) is 36.4 Å². The lowest BCUT2D eigenvalue weighted by Gasteiger charge is -2.16. The maximum absolute atomic E-state index is 15.9. The molecule has 11 nitrogen and oxygen atoms in total. The first-order valence-electron chi connectivity index (χ1n) is 13.1. The van der Waals surface area contributed by atoms with Gasteiger partial charge in [-0.25, -0.2) is 0 Å². The van der Waals surface area contributed by atoms with E-state index >= 15 is 8.78 Å². The first-order chi connectivity index (χ1) is 21.1. The fourth-order valence-corrected chi connectivity index (χ4v) is 4.21. The van der Waals surface area contributed by atoms with E-state index in [-0.39, 0.29) is 28.6 Å². The number of amides is 1. The number of phenolic OH excluding ortho intramolecular Hbond substituents is 1. The molecule has 13 heteroatoms. The number of rotatable bonds is 10. The molecule has 0 radical (unpaired) electrons. The van der Waals surface area contributed by atoms with Crippen molar-refractivity contribution in [3.8, 4) is 40.5 Å². The minimum atomic E-state index is -1.35. The lowest BCUT2D eigenvalue weighted by atomic mass is 10.2. The number of primary amides is 1. The van der Waals surface area contributed by atoms with Gasteiger partial charge in [-0.1, -0.05) is 24.3 Å². The number of ether oxygens (including phenoxy) is 3. The molecule has 0 spiro atoms. The molecule has 44 heavy (non-hydrogen) atoms. The van der Waals surface area contributed by atoms with E-state index in [0.717, 1.165) is 18.5 Å². The quantitative estimate of drug-likeness (QED) is 0.113. The van der Waals surface area contributed by atoms with Crippen LogP contribution in [0.5, 0.6) is 40.5 Å². The Bertz CT molecular complexity index is 1830. The van der Waals surface area contributed by atoms with Crippen molar-refractivity contribution in [1.82, 2.24) is 9.88 Å². The smallest absolute Gasteiger partial charge is 0.263 e. The second kappa shape index (κ2) is 12.5. The number of pyridine rings is 1. The number of halogens is 2. The Balaban J connectivity index is 1.57. The van der Waals surface area contributed by atoms with Crippen molar-refractivity contribution in [1.29, 1.82) is 5.41 Å². The van der Waals surface area contributed by atoms with Gasteiger partial charge in [0.1, 0.15) is 23.2 Å². The van der Waals surface area contributed by atoms with Crippen LogP contribution in [0.15, 0.2) is 77.8 Å². The number of carbonyl (C=O) groups is 1. The van der Waals surface area contributed by atoms with Gasteiger partial charge in [-0.2, -0.15) is 13.8 Å². The van der Waals surface area contributed by atoms with Crippen LogP contribution in [0.25, 0.3) is 6.08 Å². The van der Waals surface area contributed by atoms with Crippen molar-refractivity contribution in [3.63, 3.8) is 0 Å². The highest BCUT2D eigenvalue weighted by atomic mass is 19.1. The van der Waals surface area contributed by atoms with Gasteiger partial charge in [0, 0.05) is 30.8 Å². The lowest BCUT2D eigenvalue weighted by Crippen LogP contribution is -2.23. The molecule has 0 bridgehead atoms. The second-order valence-electron chi connectivity index (χ2n) is 9.54. The van der Waals surface area contributed by atoms with Crippen LogP contribution >= 0.6 is 0 Å². The molecule has 3 aromatic carbocycles. The summed E-state index contributed by atoms with van der Waals surface area (Å²) >= 11 is 0. The molecular weight excluding hydrogens is 574 g/mol. The first kappa shape index (κ1) is 29.5. The summed E-state index contributed by atoms with van der Waals surface area (Å²) in [5.74, 6) is -5.90. The number of aromatic nitrogens is 1. The van der Waals surface area contributed by atoms with Crippen LogP contribution in [0.1, 0.15) is 16.7 Å². The van der Waals surface area contributed by atoms with E-state index < -0.39 is 40.8 Å². The van der Waals surface area contributed by atoms with E-state index in [9.17, 15) is 9.90 Å². The fraction of sp³-hybridized carbons (Fsp3) is 0.0968. The molecule has 1 aliphatic rings. The van der Waals surface area contributed by atoms with Crippen LogP contribution in [0, 0.1) is 17.0 Å². The second-order valence-corrected chi connectivity index (χ2v) is 9.54. The number of aromatic hydroxyl groups is 1. The van der Waals surface area contributed by atoms with Crippen molar-refractivity contribution < 1.29 is 32.9 Å². The summed E-state index contributed by atoms with van der Waals surface area (Å²) in [6.45, 7) is 1.37. The summed E-state index contributed by atoms with van der Waals surface area (Å²) in [6, 6.07) is 16.5. The lowest BCUT2D eigenvalue weighted by molar-refractivity contribution is -0.113. The van der Waals surface area contributed by atoms with Gasteiger partial charge >= 0.3 is 0 Å². The highest BCUT2D eigenvalue weighted by Gasteiger charge is 2.27. The summed E-state index contributed by atoms with van der Waals surface area (Å²) in [6.07, 6.45) is 2.52. The topological polar surface area (TPSA) is 169 Å². The highest BCUT2D eigenvalue weighted by Crippen LogP contribution is 2.41. The van der Waals surface area contributed by atoms with E-state index in [2.05, 4.69) is 9.98 Å². The van der Waals surface area contributed by atoms with Gasteiger partial charge in [0.2, 0.25) is 23.3 Å². The monoisotopic (exact) mass is 600 g/mol. The van der Waals surface area contributed by atoms with Crippen LogP contribution in [0.4, 0.5) is 8.78 Å². The van der Waals surface area contributed by atoms with Crippen molar-refractivity contribution in [2.45, 2.75) is 0 Å². The number of amidine groups is 2. The highest BCUT2D eigenvalue weighted by molar-refractivity contribution is 6.00. The van der Waals surface area contributed by atoms with E-state index in [1.807, 2.05) is 18.0 Å². The Labute approximate surface area is 250 Å². The SMILES string of the molecule is CN1CCN=C1c1cccc(Oc2nc(Oc3cc(C(=N)N)ccc3O)c(F)c(Oc3cccc(/C=C/C(N)=O)c3)c2F)c1. The third kappa shape index (κ3) is 6.57. The predicted octanol–water partition coefficient (Wildman–Crippen LogP) is 4.92. The van der Waals surface area contributed by atoms with Crippen LogP contribution in [0.3, 0.4) is 0 Å². The standard InChI is InChI=1S/C31H26F2N6O5/c1-39-13-12-37-29(39)19-5-3-7-21(15-19)43-30-25(32)27(42-20-6-2-4-17(14-20)8-11-24(34)41)26(33)31(38-30)44-23-16-18(28(35)36)9-10-22(23)40/h2-11,14-16,40H,12-13H2,1H3,(H2,34,41)(H3,35,36)/b11-8+. The van der Waals surface area contributed by atoms with Gasteiger partial charge in [-0.05, 0) is 54.1 Å². The third-order valence-electron chi connectivity index (χ3n) is 6.34. The molecular formula is C31H26F2N6O5. The van der Waals surface area contributed by atoms with Gasteiger partial charge in [0.25, 0.3) is 11.8 Å². The number of phenols is 1. The molecule has 0 fully saturated rings. The Morgan fingerprint density at radius 3 is 2.36 bits per heavy atom. The molecule has 224 valence electrons.